The van der Waals surface area contributed by atoms with Crippen LogP contribution in [0.3, 0.4) is 0 Å². The largest absolute Gasteiger partial charge is 0.416 e. The summed E-state index contributed by atoms with van der Waals surface area (Å²) in [5.74, 6) is -2.32. The van der Waals surface area contributed by atoms with Crippen molar-refractivity contribution >= 4 is 28.5 Å². The summed E-state index contributed by atoms with van der Waals surface area (Å²) in [6.07, 6.45) is -3.78. The van der Waals surface area contributed by atoms with Crippen LogP contribution in [0.25, 0.3) is 11.0 Å². The fourth-order valence-corrected chi connectivity index (χ4v) is 3.43. The van der Waals surface area contributed by atoms with Crippen LogP contribution < -0.4 is 16.4 Å². The van der Waals surface area contributed by atoms with Gasteiger partial charge < -0.3 is 16.4 Å². The lowest BCUT2D eigenvalue weighted by atomic mass is 9.74. The zero-order valence-corrected chi connectivity index (χ0v) is 15.8. The van der Waals surface area contributed by atoms with Gasteiger partial charge in [0.1, 0.15) is 5.82 Å². The van der Waals surface area contributed by atoms with E-state index in [1.54, 1.807) is 7.05 Å². The van der Waals surface area contributed by atoms with Gasteiger partial charge in [-0.3, -0.25) is 4.68 Å². The number of rotatable bonds is 5. The van der Waals surface area contributed by atoms with E-state index in [1.807, 2.05) is 0 Å². The van der Waals surface area contributed by atoms with Crippen LogP contribution in [0, 0.1) is 0 Å². The van der Waals surface area contributed by atoms with Gasteiger partial charge in [-0.15, -0.1) is 0 Å². The van der Waals surface area contributed by atoms with Gasteiger partial charge in [0.25, 0.3) is 5.92 Å². The van der Waals surface area contributed by atoms with E-state index in [0.717, 1.165) is 12.1 Å². The average Bonchev–Trinajstić information content (AvgIpc) is 2.99. The number of aromatic nitrogens is 4. The lowest BCUT2D eigenvalue weighted by Gasteiger charge is -2.44. The number of nitrogens with zero attached hydrogens (tertiary/aromatic N) is 4. The highest BCUT2D eigenvalue weighted by molar-refractivity contribution is 5.89. The highest BCUT2D eigenvalue weighted by Gasteiger charge is 2.54. The maximum absolute atomic E-state index is 13.2. The Morgan fingerprint density at radius 3 is 2.40 bits per heavy atom. The molecule has 0 unspecified atom stereocenters. The molecule has 0 aliphatic heterocycles. The number of halogens is 5. The number of hydrogen-bond donors (Lipinski definition) is 3. The molecule has 0 amide bonds. The standard InChI is InChI=1S/C18H18F5N7/c1-30-14-12(6-26-30)13(27-11-4-2-10(3-5-11)18(21,22)23)28-15(29-14)25-9-16(24)7-17(19,20)8-16/h2-6H,7-9,24H2,1H3,(H2,25,27,28,29). The minimum atomic E-state index is -4.43. The highest BCUT2D eigenvalue weighted by Crippen LogP contribution is 2.43. The quantitative estimate of drug-likeness (QED) is 0.538. The lowest BCUT2D eigenvalue weighted by Crippen LogP contribution is -2.61. The summed E-state index contributed by atoms with van der Waals surface area (Å²) >= 11 is 0. The fraction of sp³-hybridized carbons (Fsp3) is 0.389. The van der Waals surface area contributed by atoms with Crippen molar-refractivity contribution in [1.82, 2.24) is 19.7 Å². The summed E-state index contributed by atoms with van der Waals surface area (Å²) in [6, 6.07) is 4.48. The number of fused-ring (bicyclic) bond motifs is 1. The molecule has 0 radical (unpaired) electrons. The minimum Gasteiger partial charge on any atom is -0.352 e. The zero-order chi connectivity index (χ0) is 21.7. The van der Waals surface area contributed by atoms with Crippen LogP contribution in [0.4, 0.5) is 39.4 Å². The fourth-order valence-electron chi connectivity index (χ4n) is 3.43. The van der Waals surface area contributed by atoms with E-state index in [0.29, 0.717) is 22.5 Å². The predicted molar refractivity (Wildman–Crippen MR) is 101 cm³/mol. The summed E-state index contributed by atoms with van der Waals surface area (Å²) in [4.78, 5) is 8.65. The first kappa shape index (κ1) is 20.3. The lowest BCUT2D eigenvalue weighted by molar-refractivity contribution is -0.137. The van der Waals surface area contributed by atoms with Gasteiger partial charge in [0.2, 0.25) is 5.95 Å². The molecule has 4 N–H and O–H groups in total. The molecular formula is C18H18F5N7. The van der Waals surface area contributed by atoms with Crippen LogP contribution >= 0.6 is 0 Å². The summed E-state index contributed by atoms with van der Waals surface area (Å²) in [5.41, 5.74) is 4.94. The van der Waals surface area contributed by atoms with E-state index in [4.69, 9.17) is 5.73 Å². The van der Waals surface area contributed by atoms with Crippen LogP contribution in [-0.2, 0) is 13.2 Å². The first-order valence-electron chi connectivity index (χ1n) is 8.99. The molecule has 1 aliphatic carbocycles. The van der Waals surface area contributed by atoms with Crippen LogP contribution in [0.1, 0.15) is 18.4 Å². The first-order chi connectivity index (χ1) is 13.9. The van der Waals surface area contributed by atoms with Crippen molar-refractivity contribution in [2.45, 2.75) is 30.5 Å². The molecule has 0 saturated heterocycles. The topological polar surface area (TPSA) is 93.7 Å². The molecule has 1 fully saturated rings. The normalized spacial score (nSPS) is 17.6. The van der Waals surface area contributed by atoms with E-state index in [-0.39, 0.29) is 12.5 Å². The maximum atomic E-state index is 13.2. The van der Waals surface area contributed by atoms with Gasteiger partial charge in [0, 0.05) is 37.7 Å². The molecular weight excluding hydrogens is 409 g/mol. The van der Waals surface area contributed by atoms with Crippen molar-refractivity contribution in [1.29, 1.82) is 0 Å². The van der Waals surface area contributed by atoms with Crippen LogP contribution in [0.5, 0.6) is 0 Å². The number of anilines is 3. The molecule has 0 bridgehead atoms. The predicted octanol–water partition coefficient (Wildman–Crippen LogP) is 3.66. The molecule has 3 aromatic rings. The third-order valence-electron chi connectivity index (χ3n) is 4.89. The zero-order valence-electron chi connectivity index (χ0n) is 15.8. The van der Waals surface area contributed by atoms with Crippen molar-refractivity contribution in [3.8, 4) is 0 Å². The number of hydrogen-bond acceptors (Lipinski definition) is 6. The van der Waals surface area contributed by atoms with Gasteiger partial charge in [-0.2, -0.15) is 28.2 Å². The third-order valence-corrected chi connectivity index (χ3v) is 4.89. The number of benzene rings is 1. The van der Waals surface area contributed by atoms with Gasteiger partial charge in [-0.05, 0) is 24.3 Å². The number of aryl methyl sites for hydroxylation is 1. The molecule has 1 aromatic carbocycles. The van der Waals surface area contributed by atoms with Crippen molar-refractivity contribution in [2.24, 2.45) is 12.8 Å². The van der Waals surface area contributed by atoms with Gasteiger partial charge in [-0.1, -0.05) is 0 Å². The van der Waals surface area contributed by atoms with E-state index in [2.05, 4.69) is 25.7 Å². The second-order valence-corrected chi connectivity index (χ2v) is 7.53. The van der Waals surface area contributed by atoms with Crippen molar-refractivity contribution in [3.63, 3.8) is 0 Å². The Morgan fingerprint density at radius 1 is 1.13 bits per heavy atom. The van der Waals surface area contributed by atoms with E-state index in [1.165, 1.54) is 23.0 Å². The van der Waals surface area contributed by atoms with Crippen LogP contribution in [0.2, 0.25) is 0 Å². The Balaban J connectivity index is 1.58. The highest BCUT2D eigenvalue weighted by atomic mass is 19.4. The Kier molecular flexibility index (Phi) is 4.56. The molecule has 2 aromatic heterocycles. The van der Waals surface area contributed by atoms with E-state index in [9.17, 15) is 22.0 Å². The monoisotopic (exact) mass is 427 g/mol. The Hall–Kier alpha value is -3.02. The van der Waals surface area contributed by atoms with Crippen molar-refractivity contribution in [2.75, 3.05) is 17.2 Å². The average molecular weight is 427 g/mol. The van der Waals surface area contributed by atoms with E-state index >= 15 is 0 Å². The molecule has 0 atom stereocenters. The Morgan fingerprint density at radius 2 is 1.80 bits per heavy atom. The molecule has 4 rings (SSSR count). The summed E-state index contributed by atoms with van der Waals surface area (Å²) in [7, 11) is 1.66. The molecule has 30 heavy (non-hydrogen) atoms. The molecule has 7 nitrogen and oxygen atoms in total. The second kappa shape index (κ2) is 6.76. The number of alkyl halides is 5. The van der Waals surface area contributed by atoms with Crippen molar-refractivity contribution in [3.05, 3.63) is 36.0 Å². The Labute approximate surface area is 167 Å². The van der Waals surface area contributed by atoms with Gasteiger partial charge >= 0.3 is 6.18 Å². The van der Waals surface area contributed by atoms with Gasteiger partial charge in [0.15, 0.2) is 5.65 Å². The SMILES string of the molecule is Cn1ncc2c(Nc3ccc(C(F)(F)F)cc3)nc(NCC3(N)CC(F)(F)C3)nc21. The summed E-state index contributed by atoms with van der Waals surface area (Å²) < 4.78 is 66.1. The van der Waals surface area contributed by atoms with Crippen molar-refractivity contribution < 1.29 is 22.0 Å². The van der Waals surface area contributed by atoms with Crippen LogP contribution in [-0.4, -0.2) is 37.8 Å². The molecule has 12 heteroatoms. The smallest absolute Gasteiger partial charge is 0.352 e. The minimum absolute atomic E-state index is 0.0473. The summed E-state index contributed by atoms with van der Waals surface area (Å²) in [6.45, 7) is 0.0473. The van der Waals surface area contributed by atoms with Gasteiger partial charge in [0.05, 0.1) is 17.1 Å². The number of nitrogens with one attached hydrogen (secondary N) is 2. The van der Waals surface area contributed by atoms with E-state index < -0.39 is 36.0 Å². The third kappa shape index (κ3) is 3.99. The molecule has 2 heterocycles. The second-order valence-electron chi connectivity index (χ2n) is 7.53. The maximum Gasteiger partial charge on any atom is 0.416 e. The molecule has 1 saturated carbocycles. The summed E-state index contributed by atoms with van der Waals surface area (Å²) in [5, 5.41) is 10.5. The van der Waals surface area contributed by atoms with Crippen LogP contribution in [0.15, 0.2) is 30.5 Å². The first-order valence-corrected chi connectivity index (χ1v) is 8.99. The Bertz CT molecular complexity index is 1070. The molecule has 0 spiro atoms. The number of nitrogens with two attached hydrogens (primary N) is 1. The molecule has 160 valence electrons. The molecule has 1 aliphatic rings. The van der Waals surface area contributed by atoms with Gasteiger partial charge in [-0.25, -0.2) is 8.78 Å².